The van der Waals surface area contributed by atoms with Gasteiger partial charge in [-0.2, -0.15) is 5.70 Å². The normalized spacial score (nSPS) is 15.8. The Morgan fingerprint density at radius 3 is 1.98 bits per heavy atom. The first-order valence-corrected chi connectivity index (χ1v) is 22.7. The molecule has 0 atom stereocenters. The summed E-state index contributed by atoms with van der Waals surface area (Å²) >= 11 is 1.96. The Hall–Kier alpha value is -2.85. The fourth-order valence-corrected chi connectivity index (χ4v) is 10.9. The van der Waals surface area contributed by atoms with E-state index in [4.69, 9.17) is 4.98 Å². The van der Waals surface area contributed by atoms with Gasteiger partial charge in [-0.3, -0.25) is 9.98 Å². The molecule has 0 bridgehead atoms. The maximum absolute atomic E-state index is 5.04. The van der Waals surface area contributed by atoms with Crippen molar-refractivity contribution in [3.8, 4) is 11.3 Å². The molecule has 5 heteroatoms. The molecule has 6 rings (SSSR count). The summed E-state index contributed by atoms with van der Waals surface area (Å²) in [5.41, 5.74) is 11.2. The monoisotopic (exact) mass is 977 g/mol. The fourth-order valence-electron chi connectivity index (χ4n) is 9.36. The van der Waals surface area contributed by atoms with Crippen LogP contribution >= 0.6 is 11.3 Å². The molecule has 0 N–H and O–H groups in total. The van der Waals surface area contributed by atoms with Crippen molar-refractivity contribution in [1.82, 2.24) is 4.98 Å². The minimum Gasteiger partial charge on any atom is -0.690 e. The second kappa shape index (κ2) is 18.8. The van der Waals surface area contributed by atoms with Gasteiger partial charge in [0.15, 0.2) is 0 Å². The summed E-state index contributed by atoms with van der Waals surface area (Å²) < 4.78 is 2.75. The molecule has 0 spiro atoms. The summed E-state index contributed by atoms with van der Waals surface area (Å²) in [6, 6.07) is 19.6. The number of rotatable bonds is 10. The molecule has 3 aromatic carbocycles. The van der Waals surface area contributed by atoms with E-state index in [1.165, 1.54) is 60.9 Å². The topological polar surface area (TPSA) is 39.4 Å². The van der Waals surface area contributed by atoms with E-state index in [9.17, 15) is 0 Å². The van der Waals surface area contributed by atoms with Gasteiger partial charge in [0.1, 0.15) is 0 Å². The van der Waals surface area contributed by atoms with E-state index in [-0.39, 0.29) is 41.8 Å². The molecule has 2 aromatic heterocycles. The van der Waals surface area contributed by atoms with Crippen molar-refractivity contribution < 1.29 is 20.1 Å². The standard InChI is InChI=1S/C38H44NS.C15H29N2.Ir/c1-35(2,3)22-25-20-28-27-15-18-39-32(24-19-23-13-11-12-14-26(23)29(21-24)36(4,5)6)34(27)40-33(28)31-30(25)37(7,8)16-17-38(31,9)10;1-7-12(8-2)14(16-5)11-15(17-6)13(9-3)10-4;/h11-15,18,20-21H,16-17,22H2,1-10H3;11-13H,7-10H2,1-6H3;/q2*-1;/b;14-11-,17-15?;. The molecular weight excluding hydrogens is 903 g/mol. The van der Waals surface area contributed by atoms with Crippen LogP contribution in [0.15, 0.2) is 65.4 Å². The summed E-state index contributed by atoms with van der Waals surface area (Å²) in [5, 5.41) is 9.64. The van der Waals surface area contributed by atoms with Gasteiger partial charge in [-0.1, -0.05) is 145 Å². The average Bonchev–Trinajstić information content (AvgIpc) is 3.53. The van der Waals surface area contributed by atoms with Crippen LogP contribution in [0.3, 0.4) is 0 Å². The van der Waals surface area contributed by atoms with Crippen molar-refractivity contribution in [2.75, 3.05) is 14.1 Å². The van der Waals surface area contributed by atoms with E-state index in [0.717, 1.165) is 48.7 Å². The zero-order valence-corrected chi connectivity index (χ0v) is 42.1. The van der Waals surface area contributed by atoms with Crippen molar-refractivity contribution in [3.05, 3.63) is 94.1 Å². The van der Waals surface area contributed by atoms with Crippen molar-refractivity contribution >= 4 is 48.0 Å². The van der Waals surface area contributed by atoms with Crippen LogP contribution in [-0.4, -0.2) is 24.8 Å². The molecule has 0 saturated carbocycles. The van der Waals surface area contributed by atoms with Crippen molar-refractivity contribution in [3.63, 3.8) is 0 Å². The van der Waals surface area contributed by atoms with Crippen molar-refractivity contribution in [2.45, 2.75) is 158 Å². The van der Waals surface area contributed by atoms with Crippen molar-refractivity contribution in [1.29, 1.82) is 0 Å². The first kappa shape index (κ1) is 47.8. The number of pyridine rings is 1. The Morgan fingerprint density at radius 2 is 1.43 bits per heavy atom. The van der Waals surface area contributed by atoms with E-state index >= 15 is 0 Å². The Kier molecular flexibility index (Phi) is 15.5. The molecule has 1 aliphatic rings. The van der Waals surface area contributed by atoms with Gasteiger partial charge < -0.3 is 5.32 Å². The van der Waals surface area contributed by atoms with Crippen LogP contribution in [0, 0.1) is 23.3 Å². The van der Waals surface area contributed by atoms with Gasteiger partial charge in [0.2, 0.25) is 0 Å². The average molecular weight is 976 g/mol. The summed E-state index contributed by atoms with van der Waals surface area (Å²) in [6.07, 6.45) is 12.4. The molecule has 1 radical (unpaired) electrons. The van der Waals surface area contributed by atoms with Gasteiger partial charge in [0.25, 0.3) is 0 Å². The number of allylic oxidation sites excluding steroid dienone is 2. The maximum Gasteiger partial charge on any atom is 0.0389 e. The Balaban J connectivity index is 0.000000353. The van der Waals surface area contributed by atoms with E-state index in [0.29, 0.717) is 11.8 Å². The van der Waals surface area contributed by atoms with Gasteiger partial charge >= 0.3 is 0 Å². The molecule has 0 aliphatic heterocycles. The number of thiophene rings is 1. The molecule has 0 unspecified atom stereocenters. The molecule has 317 valence electrons. The summed E-state index contributed by atoms with van der Waals surface area (Å²) in [4.78, 5) is 9.49. The Morgan fingerprint density at radius 1 is 0.828 bits per heavy atom. The fraction of sp³-hybridized carbons (Fsp3) is 0.547. The van der Waals surface area contributed by atoms with Crippen LogP contribution < -0.4 is 0 Å². The summed E-state index contributed by atoms with van der Waals surface area (Å²) in [7, 11) is 3.79. The second-order valence-electron chi connectivity index (χ2n) is 20.2. The third kappa shape index (κ3) is 10.0. The molecular formula is C53H73IrN3S-2. The molecule has 58 heavy (non-hydrogen) atoms. The SMILES string of the molecule is CC(C)(C)Cc1cc2c(sc3c(-c4[c-]c5ccccc5c(C(C)(C)C)c4)nccc32)c2c1C(C)(C)CCC2(C)C.CCC(CC)C(/C=C(\[N-]C)C(CC)CC)=NC.[Ir]. The number of aliphatic imine (C=N–C) groups is 1. The number of benzene rings is 3. The van der Waals surface area contributed by atoms with Crippen LogP contribution in [0.2, 0.25) is 0 Å². The van der Waals surface area contributed by atoms with E-state index < -0.39 is 0 Å². The first-order chi connectivity index (χ1) is 26.7. The van der Waals surface area contributed by atoms with Gasteiger partial charge in [-0.05, 0) is 93.9 Å². The van der Waals surface area contributed by atoms with E-state index in [1.54, 1.807) is 11.1 Å². The van der Waals surface area contributed by atoms with E-state index in [2.05, 4.69) is 162 Å². The molecule has 0 amide bonds. The van der Waals surface area contributed by atoms with Crippen LogP contribution in [0.1, 0.15) is 158 Å². The minimum atomic E-state index is 0. The van der Waals surface area contributed by atoms with Gasteiger partial charge in [0.05, 0.1) is 0 Å². The number of nitrogens with zero attached hydrogens (tertiary/aromatic N) is 3. The molecule has 2 heterocycles. The minimum absolute atomic E-state index is 0. The summed E-state index contributed by atoms with van der Waals surface area (Å²) in [6.45, 7) is 32.8. The predicted molar refractivity (Wildman–Crippen MR) is 255 cm³/mol. The van der Waals surface area contributed by atoms with Gasteiger partial charge in [-0.15, -0.1) is 47.5 Å². The van der Waals surface area contributed by atoms with Crippen LogP contribution in [0.5, 0.6) is 0 Å². The Labute approximate surface area is 370 Å². The zero-order chi connectivity index (χ0) is 42.1. The molecule has 1 aliphatic carbocycles. The number of fused-ring (bicyclic) bond motifs is 6. The Bertz CT molecular complexity index is 2250. The molecule has 5 aromatic rings. The quantitative estimate of drug-likeness (QED) is 0.102. The third-order valence-electron chi connectivity index (χ3n) is 12.7. The van der Waals surface area contributed by atoms with Crippen LogP contribution in [0.4, 0.5) is 0 Å². The molecule has 0 saturated heterocycles. The number of hydrogen-bond donors (Lipinski definition) is 0. The number of aromatic nitrogens is 1. The predicted octanol–water partition coefficient (Wildman–Crippen LogP) is 16.1. The molecule has 3 nitrogen and oxygen atoms in total. The third-order valence-corrected chi connectivity index (χ3v) is 13.9. The van der Waals surface area contributed by atoms with Gasteiger partial charge in [0, 0.05) is 65.5 Å². The second-order valence-corrected chi connectivity index (χ2v) is 21.2. The maximum atomic E-state index is 5.04. The van der Waals surface area contributed by atoms with Crippen LogP contribution in [0.25, 0.3) is 47.5 Å². The van der Waals surface area contributed by atoms with Gasteiger partial charge in [-0.25, -0.2) is 0 Å². The van der Waals surface area contributed by atoms with Crippen LogP contribution in [-0.2, 0) is 42.8 Å². The zero-order valence-electron chi connectivity index (χ0n) is 38.9. The largest absolute Gasteiger partial charge is 0.690 e. The van der Waals surface area contributed by atoms with E-state index in [1.807, 2.05) is 31.6 Å². The smallest absolute Gasteiger partial charge is 0.0389 e. The number of hydrogen-bond acceptors (Lipinski definition) is 3. The van der Waals surface area contributed by atoms with Crippen molar-refractivity contribution in [2.24, 2.45) is 22.2 Å². The summed E-state index contributed by atoms with van der Waals surface area (Å²) in [5.74, 6) is 1.15. The molecule has 0 fully saturated rings. The first-order valence-electron chi connectivity index (χ1n) is 21.9.